The van der Waals surface area contributed by atoms with Crippen LogP contribution < -0.4 is 4.74 Å². The van der Waals surface area contributed by atoms with Gasteiger partial charge in [0.2, 0.25) is 0 Å². The van der Waals surface area contributed by atoms with Crippen molar-refractivity contribution in [2.75, 3.05) is 0 Å². The normalized spacial score (nSPS) is 12.2. The third kappa shape index (κ3) is 2.68. The van der Waals surface area contributed by atoms with Gasteiger partial charge in [0, 0.05) is 5.56 Å². The van der Waals surface area contributed by atoms with Crippen molar-refractivity contribution in [3.05, 3.63) is 59.4 Å². The highest BCUT2D eigenvalue weighted by atomic mass is 19.1. The lowest BCUT2D eigenvalue weighted by Gasteiger charge is -2.13. The second kappa shape index (κ2) is 5.19. The molecule has 0 radical (unpaired) electrons. The topological polar surface area (TPSA) is 29.5 Å². The van der Waals surface area contributed by atoms with Crippen LogP contribution in [0.4, 0.5) is 4.39 Å². The highest BCUT2D eigenvalue weighted by molar-refractivity contribution is 5.40. The lowest BCUT2D eigenvalue weighted by Crippen LogP contribution is -1.96. The first-order valence-electron chi connectivity index (χ1n) is 5.79. The van der Waals surface area contributed by atoms with Gasteiger partial charge in [-0.3, -0.25) is 0 Å². The largest absolute Gasteiger partial charge is 0.457 e. The Morgan fingerprint density at radius 2 is 1.89 bits per heavy atom. The second-order valence-electron chi connectivity index (χ2n) is 4.23. The predicted octanol–water partition coefficient (Wildman–Crippen LogP) is 3.98. The summed E-state index contributed by atoms with van der Waals surface area (Å²) in [6, 6.07) is 11.8. The van der Waals surface area contributed by atoms with Gasteiger partial charge < -0.3 is 9.84 Å². The summed E-state index contributed by atoms with van der Waals surface area (Å²) in [5.41, 5.74) is 1.24. The molecule has 0 amide bonds. The summed E-state index contributed by atoms with van der Waals surface area (Å²) < 4.78 is 18.8. The Kier molecular flexibility index (Phi) is 3.63. The van der Waals surface area contributed by atoms with Crippen molar-refractivity contribution in [2.24, 2.45) is 0 Å². The van der Waals surface area contributed by atoms with Crippen molar-refractivity contribution >= 4 is 0 Å². The molecule has 0 spiro atoms. The van der Waals surface area contributed by atoms with Gasteiger partial charge in [-0.25, -0.2) is 4.39 Å². The van der Waals surface area contributed by atoms with E-state index in [9.17, 15) is 9.50 Å². The van der Waals surface area contributed by atoms with E-state index in [0.29, 0.717) is 22.6 Å². The molecular weight excluding hydrogens is 231 g/mol. The van der Waals surface area contributed by atoms with Crippen molar-refractivity contribution in [2.45, 2.75) is 20.0 Å². The van der Waals surface area contributed by atoms with E-state index < -0.39 is 6.10 Å². The number of hydrogen-bond donors (Lipinski definition) is 1. The molecule has 0 aliphatic rings. The van der Waals surface area contributed by atoms with Crippen LogP contribution in [0.1, 0.15) is 24.2 Å². The maximum atomic E-state index is 13.1. The highest BCUT2D eigenvalue weighted by Crippen LogP contribution is 2.30. The van der Waals surface area contributed by atoms with E-state index in [4.69, 9.17) is 4.74 Å². The Labute approximate surface area is 106 Å². The maximum absolute atomic E-state index is 13.1. The van der Waals surface area contributed by atoms with Gasteiger partial charge in [-0.15, -0.1) is 0 Å². The quantitative estimate of drug-likeness (QED) is 0.887. The fourth-order valence-corrected chi connectivity index (χ4v) is 1.73. The van der Waals surface area contributed by atoms with Gasteiger partial charge in [0.15, 0.2) is 0 Å². The summed E-state index contributed by atoms with van der Waals surface area (Å²) in [6.07, 6.45) is -0.609. The van der Waals surface area contributed by atoms with Crippen LogP contribution >= 0.6 is 0 Å². The van der Waals surface area contributed by atoms with Gasteiger partial charge in [-0.05, 0) is 43.7 Å². The minimum absolute atomic E-state index is 0.258. The molecule has 2 aromatic rings. The number of benzene rings is 2. The number of rotatable bonds is 3. The number of aliphatic hydroxyl groups is 1. The average molecular weight is 246 g/mol. The molecule has 0 unspecified atom stereocenters. The molecular formula is C15H15FO2. The van der Waals surface area contributed by atoms with Crippen LogP contribution in [0.5, 0.6) is 11.5 Å². The molecule has 0 saturated carbocycles. The highest BCUT2D eigenvalue weighted by Gasteiger charge is 2.09. The number of hydrogen-bond acceptors (Lipinski definition) is 2. The van der Waals surface area contributed by atoms with Gasteiger partial charge in [0.25, 0.3) is 0 Å². The molecule has 3 heteroatoms. The molecule has 0 fully saturated rings. The maximum Gasteiger partial charge on any atom is 0.133 e. The Bertz CT molecular complexity index is 550. The summed E-state index contributed by atoms with van der Waals surface area (Å²) in [5.74, 6) is 0.881. The monoisotopic (exact) mass is 246 g/mol. The number of aryl methyl sites for hydroxylation is 1. The van der Waals surface area contributed by atoms with E-state index in [1.807, 2.05) is 12.1 Å². The first-order chi connectivity index (χ1) is 8.58. The van der Waals surface area contributed by atoms with Crippen molar-refractivity contribution < 1.29 is 14.2 Å². The van der Waals surface area contributed by atoms with Gasteiger partial charge in [-0.2, -0.15) is 0 Å². The van der Waals surface area contributed by atoms with E-state index in [2.05, 4.69) is 0 Å². The smallest absolute Gasteiger partial charge is 0.133 e. The average Bonchev–Trinajstić information content (AvgIpc) is 2.34. The molecule has 2 rings (SSSR count). The van der Waals surface area contributed by atoms with E-state index >= 15 is 0 Å². The molecule has 0 saturated heterocycles. The molecule has 0 aliphatic heterocycles. The lowest BCUT2D eigenvalue weighted by atomic mass is 10.1. The van der Waals surface area contributed by atoms with Crippen LogP contribution in [0.2, 0.25) is 0 Å². The van der Waals surface area contributed by atoms with Crippen LogP contribution in [-0.4, -0.2) is 5.11 Å². The molecule has 0 heterocycles. The SMILES string of the molecule is Cc1cc(Oc2ccccc2[C@H](C)O)ccc1F. The van der Waals surface area contributed by atoms with Crippen LogP contribution in [0.15, 0.2) is 42.5 Å². The van der Waals surface area contributed by atoms with Crippen LogP contribution in [0, 0.1) is 12.7 Å². The Hall–Kier alpha value is -1.87. The first-order valence-corrected chi connectivity index (χ1v) is 5.79. The van der Waals surface area contributed by atoms with Crippen molar-refractivity contribution in [3.8, 4) is 11.5 Å². The summed E-state index contributed by atoms with van der Waals surface area (Å²) in [7, 11) is 0. The lowest BCUT2D eigenvalue weighted by molar-refractivity contribution is 0.195. The van der Waals surface area contributed by atoms with E-state index in [1.165, 1.54) is 6.07 Å². The predicted molar refractivity (Wildman–Crippen MR) is 68.3 cm³/mol. The number of aliphatic hydroxyl groups excluding tert-OH is 1. The van der Waals surface area contributed by atoms with E-state index in [-0.39, 0.29) is 5.82 Å². The van der Waals surface area contributed by atoms with Crippen LogP contribution in [0.3, 0.4) is 0 Å². The van der Waals surface area contributed by atoms with E-state index in [0.717, 1.165) is 0 Å². The Balaban J connectivity index is 2.31. The molecule has 0 aliphatic carbocycles. The standard InChI is InChI=1S/C15H15FO2/c1-10-9-12(7-8-14(10)16)18-15-6-4-3-5-13(15)11(2)17/h3-9,11,17H,1-2H3/t11-/m0/s1. The zero-order valence-electron chi connectivity index (χ0n) is 10.4. The summed E-state index contributed by atoms with van der Waals surface area (Å²) >= 11 is 0. The summed E-state index contributed by atoms with van der Waals surface area (Å²) in [4.78, 5) is 0. The molecule has 0 aromatic heterocycles. The van der Waals surface area contributed by atoms with Gasteiger partial charge in [-0.1, -0.05) is 18.2 Å². The van der Waals surface area contributed by atoms with Gasteiger partial charge in [0.05, 0.1) is 6.10 Å². The Morgan fingerprint density at radius 1 is 1.17 bits per heavy atom. The van der Waals surface area contributed by atoms with Crippen molar-refractivity contribution in [1.82, 2.24) is 0 Å². The molecule has 2 aromatic carbocycles. The van der Waals surface area contributed by atoms with Gasteiger partial charge in [0.1, 0.15) is 17.3 Å². The van der Waals surface area contributed by atoms with Gasteiger partial charge >= 0.3 is 0 Å². The second-order valence-corrected chi connectivity index (χ2v) is 4.23. The number of halogens is 1. The molecule has 2 nitrogen and oxygen atoms in total. The van der Waals surface area contributed by atoms with Crippen molar-refractivity contribution in [1.29, 1.82) is 0 Å². The zero-order chi connectivity index (χ0) is 13.1. The molecule has 1 atom stereocenters. The minimum Gasteiger partial charge on any atom is -0.457 e. The zero-order valence-corrected chi connectivity index (χ0v) is 10.4. The third-order valence-corrected chi connectivity index (χ3v) is 2.73. The van der Waals surface area contributed by atoms with Crippen LogP contribution in [-0.2, 0) is 0 Å². The summed E-state index contributed by atoms with van der Waals surface area (Å²) in [5, 5.41) is 9.64. The number of para-hydroxylation sites is 1. The van der Waals surface area contributed by atoms with Crippen LogP contribution in [0.25, 0.3) is 0 Å². The first kappa shape index (κ1) is 12.6. The molecule has 1 N–H and O–H groups in total. The fourth-order valence-electron chi connectivity index (χ4n) is 1.73. The molecule has 94 valence electrons. The Morgan fingerprint density at radius 3 is 2.56 bits per heavy atom. The fraction of sp³-hybridized carbons (Fsp3) is 0.200. The minimum atomic E-state index is -0.609. The molecule has 0 bridgehead atoms. The van der Waals surface area contributed by atoms with Crippen molar-refractivity contribution in [3.63, 3.8) is 0 Å². The van der Waals surface area contributed by atoms with E-state index in [1.54, 1.807) is 38.1 Å². The molecule has 18 heavy (non-hydrogen) atoms. The number of ether oxygens (including phenoxy) is 1. The summed E-state index contributed by atoms with van der Waals surface area (Å²) in [6.45, 7) is 3.36. The third-order valence-electron chi connectivity index (χ3n) is 2.73.